The number of nitrogens with zero attached hydrogens (tertiary/aromatic N) is 1. The summed E-state index contributed by atoms with van der Waals surface area (Å²) in [6.45, 7) is 11.4. The highest BCUT2D eigenvalue weighted by Gasteiger charge is 2.48. The highest BCUT2D eigenvalue weighted by molar-refractivity contribution is 5.77. The van der Waals surface area contributed by atoms with E-state index in [1.807, 2.05) is 6.92 Å². The lowest BCUT2D eigenvalue weighted by Gasteiger charge is -2.46. The van der Waals surface area contributed by atoms with E-state index >= 15 is 0 Å². The maximum atomic E-state index is 12.2. The van der Waals surface area contributed by atoms with Gasteiger partial charge in [-0.2, -0.15) is 0 Å². The summed E-state index contributed by atoms with van der Waals surface area (Å²) >= 11 is 0. The van der Waals surface area contributed by atoms with Crippen molar-refractivity contribution in [3.05, 3.63) is 0 Å². The van der Waals surface area contributed by atoms with Gasteiger partial charge in [-0.25, -0.2) is 4.79 Å². The van der Waals surface area contributed by atoms with Gasteiger partial charge in [-0.05, 0) is 47.0 Å². The first-order valence-corrected chi connectivity index (χ1v) is 6.70. The van der Waals surface area contributed by atoms with Gasteiger partial charge < -0.3 is 14.7 Å². The zero-order valence-corrected chi connectivity index (χ0v) is 12.7. The van der Waals surface area contributed by atoms with Crippen LogP contribution < -0.4 is 0 Å². The predicted molar refractivity (Wildman–Crippen MR) is 71.9 cm³/mol. The summed E-state index contributed by atoms with van der Waals surface area (Å²) in [4.78, 5) is 25.2. The highest BCUT2D eigenvalue weighted by atomic mass is 16.6. The Labute approximate surface area is 114 Å². The van der Waals surface area contributed by atoms with Crippen LogP contribution in [0, 0.1) is 11.3 Å². The van der Waals surface area contributed by atoms with Crippen molar-refractivity contribution in [1.29, 1.82) is 0 Å². The van der Waals surface area contributed by atoms with E-state index < -0.39 is 23.1 Å². The Bertz CT molecular complexity index is 374. The second-order valence-electron chi connectivity index (χ2n) is 6.84. The molecule has 1 saturated heterocycles. The largest absolute Gasteiger partial charge is 0.481 e. The highest BCUT2D eigenvalue weighted by Crippen LogP contribution is 2.39. The first-order valence-electron chi connectivity index (χ1n) is 6.70. The van der Waals surface area contributed by atoms with Crippen LogP contribution in [0.15, 0.2) is 0 Å². The van der Waals surface area contributed by atoms with Crippen molar-refractivity contribution < 1.29 is 19.4 Å². The van der Waals surface area contributed by atoms with Crippen molar-refractivity contribution in [2.45, 2.75) is 59.6 Å². The Hall–Kier alpha value is -1.26. The van der Waals surface area contributed by atoms with Crippen LogP contribution in [0.4, 0.5) is 4.79 Å². The summed E-state index contributed by atoms with van der Waals surface area (Å²) in [5.74, 6) is -0.718. The molecular formula is C14H25NO4. The van der Waals surface area contributed by atoms with Crippen molar-refractivity contribution in [2.24, 2.45) is 11.3 Å². The second kappa shape index (κ2) is 5.02. The topological polar surface area (TPSA) is 66.8 Å². The van der Waals surface area contributed by atoms with Crippen LogP contribution in [0.5, 0.6) is 0 Å². The van der Waals surface area contributed by atoms with Crippen molar-refractivity contribution >= 4 is 12.1 Å². The monoisotopic (exact) mass is 271 g/mol. The third-order valence-electron chi connectivity index (χ3n) is 3.79. The van der Waals surface area contributed by atoms with E-state index in [2.05, 4.69) is 0 Å². The number of hydrogen-bond donors (Lipinski definition) is 1. The van der Waals surface area contributed by atoms with Gasteiger partial charge >= 0.3 is 12.1 Å². The van der Waals surface area contributed by atoms with Crippen LogP contribution in [-0.4, -0.2) is 40.3 Å². The molecule has 0 bridgehead atoms. The fourth-order valence-corrected chi connectivity index (χ4v) is 2.62. The summed E-state index contributed by atoms with van der Waals surface area (Å²) in [7, 11) is 0. The van der Waals surface area contributed by atoms with Gasteiger partial charge in [0.05, 0.1) is 5.41 Å². The Morgan fingerprint density at radius 2 is 1.84 bits per heavy atom. The summed E-state index contributed by atoms with van der Waals surface area (Å²) in [6.07, 6.45) is 0.141. The number of hydrogen-bond acceptors (Lipinski definition) is 3. The maximum absolute atomic E-state index is 12.2. The number of carboxylic acids is 1. The van der Waals surface area contributed by atoms with E-state index in [9.17, 15) is 14.7 Å². The number of carboxylic acid groups (broad SMARTS) is 1. The lowest BCUT2D eigenvalue weighted by Crippen LogP contribution is -2.58. The maximum Gasteiger partial charge on any atom is 0.410 e. The molecule has 0 aromatic heterocycles. The van der Waals surface area contributed by atoms with Crippen LogP contribution in [0.2, 0.25) is 0 Å². The summed E-state index contributed by atoms with van der Waals surface area (Å²) in [5, 5.41) is 9.44. The van der Waals surface area contributed by atoms with Gasteiger partial charge in [-0.3, -0.25) is 4.79 Å². The molecule has 1 heterocycles. The molecular weight excluding hydrogens is 246 g/mol. The number of carbonyl (C=O) groups excluding carboxylic acids is 1. The van der Waals surface area contributed by atoms with Crippen molar-refractivity contribution in [2.75, 3.05) is 6.54 Å². The molecule has 0 aliphatic carbocycles. The average molecular weight is 271 g/mol. The summed E-state index contributed by atoms with van der Waals surface area (Å²) in [6, 6.07) is -0.379. The Morgan fingerprint density at radius 3 is 2.26 bits per heavy atom. The molecule has 3 unspecified atom stereocenters. The van der Waals surface area contributed by atoms with Crippen LogP contribution in [0.1, 0.15) is 48.0 Å². The molecule has 0 saturated carbocycles. The molecule has 1 N–H and O–H groups in total. The quantitative estimate of drug-likeness (QED) is 0.796. The summed E-state index contributed by atoms with van der Waals surface area (Å²) in [5.41, 5.74) is -1.49. The Kier molecular flexibility index (Phi) is 4.17. The molecule has 0 spiro atoms. The third-order valence-corrected chi connectivity index (χ3v) is 3.79. The minimum Gasteiger partial charge on any atom is -0.481 e. The zero-order valence-electron chi connectivity index (χ0n) is 12.7. The summed E-state index contributed by atoms with van der Waals surface area (Å²) < 4.78 is 5.36. The number of carbonyl (C=O) groups is 2. The predicted octanol–water partition coefficient (Wildman–Crippen LogP) is 2.74. The molecule has 1 aliphatic heterocycles. The van der Waals surface area contributed by atoms with Crippen molar-refractivity contribution in [1.82, 2.24) is 4.90 Å². The lowest BCUT2D eigenvalue weighted by molar-refractivity contribution is -0.156. The molecule has 1 fully saturated rings. The normalized spacial score (nSPS) is 32.0. The number of aliphatic carboxylic acids is 1. The molecule has 1 rings (SSSR count). The van der Waals surface area contributed by atoms with Crippen LogP contribution in [0.25, 0.3) is 0 Å². The molecule has 0 radical (unpaired) electrons. The van der Waals surface area contributed by atoms with Crippen LogP contribution in [-0.2, 0) is 9.53 Å². The van der Waals surface area contributed by atoms with Gasteiger partial charge in [-0.15, -0.1) is 0 Å². The van der Waals surface area contributed by atoms with Gasteiger partial charge in [0.15, 0.2) is 0 Å². The average Bonchev–Trinajstić information content (AvgIpc) is 2.20. The van der Waals surface area contributed by atoms with Crippen molar-refractivity contribution in [3.63, 3.8) is 0 Å². The lowest BCUT2D eigenvalue weighted by atomic mass is 9.72. The second-order valence-corrected chi connectivity index (χ2v) is 6.84. The first-order chi connectivity index (χ1) is 8.47. The minimum atomic E-state index is -0.922. The van der Waals surface area contributed by atoms with Gasteiger partial charge in [0.2, 0.25) is 0 Å². The fraction of sp³-hybridized carbons (Fsp3) is 0.857. The number of piperidine rings is 1. The van der Waals surface area contributed by atoms with Crippen LogP contribution >= 0.6 is 0 Å². The van der Waals surface area contributed by atoms with Gasteiger partial charge in [0, 0.05) is 12.6 Å². The van der Waals surface area contributed by atoms with E-state index in [1.165, 1.54) is 0 Å². The smallest absolute Gasteiger partial charge is 0.410 e. The van der Waals surface area contributed by atoms with Gasteiger partial charge in [0.25, 0.3) is 0 Å². The number of likely N-dealkylation sites (tertiary alicyclic amines) is 1. The standard InChI is InChI=1S/C14H25NO4/c1-9-7-14(6,11(16)17)10(2)15(8-9)12(18)19-13(3,4)5/h9-10H,7-8H2,1-6H3,(H,16,17). The molecule has 1 aliphatic rings. The van der Waals surface area contributed by atoms with E-state index in [0.29, 0.717) is 13.0 Å². The minimum absolute atomic E-state index is 0.143. The Morgan fingerprint density at radius 1 is 1.32 bits per heavy atom. The molecule has 110 valence electrons. The number of ether oxygens (including phenoxy) is 1. The molecule has 19 heavy (non-hydrogen) atoms. The molecule has 0 aromatic rings. The SMILES string of the molecule is CC1CN(C(=O)OC(C)(C)C)C(C)C(C)(C(=O)O)C1. The van der Waals surface area contributed by atoms with Gasteiger partial charge in [0.1, 0.15) is 5.60 Å². The fourth-order valence-electron chi connectivity index (χ4n) is 2.62. The van der Waals surface area contributed by atoms with E-state index in [4.69, 9.17) is 4.74 Å². The third kappa shape index (κ3) is 3.39. The van der Waals surface area contributed by atoms with E-state index in [-0.39, 0.29) is 12.0 Å². The number of amides is 1. The van der Waals surface area contributed by atoms with E-state index in [1.54, 1.807) is 39.5 Å². The molecule has 1 amide bonds. The van der Waals surface area contributed by atoms with Crippen molar-refractivity contribution in [3.8, 4) is 0 Å². The molecule has 5 heteroatoms. The first kappa shape index (κ1) is 15.8. The molecule has 0 aromatic carbocycles. The molecule has 5 nitrogen and oxygen atoms in total. The van der Waals surface area contributed by atoms with Crippen LogP contribution in [0.3, 0.4) is 0 Å². The van der Waals surface area contributed by atoms with Gasteiger partial charge in [-0.1, -0.05) is 6.92 Å². The molecule has 3 atom stereocenters. The number of rotatable bonds is 1. The Balaban J connectivity index is 2.95. The zero-order chi connectivity index (χ0) is 15.0. The van der Waals surface area contributed by atoms with E-state index in [0.717, 1.165) is 0 Å².